The molecule has 0 saturated heterocycles. The van der Waals surface area contributed by atoms with Crippen LogP contribution < -0.4 is 5.32 Å². The van der Waals surface area contributed by atoms with Crippen LogP contribution in [0.2, 0.25) is 0 Å². The lowest BCUT2D eigenvalue weighted by Crippen LogP contribution is -2.31. The number of nitrogens with one attached hydrogen (secondary N) is 1. The van der Waals surface area contributed by atoms with E-state index < -0.39 is 5.97 Å². The molecule has 6 nitrogen and oxygen atoms in total. The van der Waals surface area contributed by atoms with Crippen LogP contribution in [0, 0.1) is 0 Å². The number of esters is 1. The Labute approximate surface area is 177 Å². The van der Waals surface area contributed by atoms with Gasteiger partial charge in [0.25, 0.3) is 5.91 Å². The number of nitrogens with zero attached hydrogens (tertiary/aromatic N) is 1. The van der Waals surface area contributed by atoms with Crippen LogP contribution in [-0.4, -0.2) is 48.7 Å². The quantitative estimate of drug-likeness (QED) is 0.717. The number of hydrogen-bond acceptors (Lipinski definition) is 5. The molecule has 158 valence electrons. The molecule has 1 heterocycles. The molecule has 0 saturated carbocycles. The number of methoxy groups -OCH3 is 1. The van der Waals surface area contributed by atoms with Crippen LogP contribution in [0.4, 0.5) is 5.69 Å². The molecule has 1 aliphatic rings. The Hall–Kier alpha value is -3.12. The number of benzene rings is 2. The summed E-state index contributed by atoms with van der Waals surface area (Å²) in [7, 11) is 1.28. The molecule has 0 spiro atoms. The maximum atomic E-state index is 12.6. The highest BCUT2D eigenvalue weighted by molar-refractivity contribution is 6.08. The lowest BCUT2D eigenvalue weighted by atomic mass is 9.86. The first-order valence-corrected chi connectivity index (χ1v) is 9.94. The van der Waals surface area contributed by atoms with Crippen molar-refractivity contribution in [1.82, 2.24) is 4.90 Å². The molecule has 1 aliphatic heterocycles. The minimum Gasteiger partial charge on any atom is -0.466 e. The molecule has 0 unspecified atom stereocenters. The molecule has 0 fully saturated rings. The third kappa shape index (κ3) is 4.54. The van der Waals surface area contributed by atoms with E-state index in [0.29, 0.717) is 5.69 Å². The Morgan fingerprint density at radius 3 is 2.13 bits per heavy atom. The molecule has 0 atom stereocenters. The van der Waals surface area contributed by atoms with Crippen LogP contribution in [0.15, 0.2) is 59.8 Å². The Balaban J connectivity index is 1.80. The Morgan fingerprint density at radius 2 is 1.63 bits per heavy atom. The molecule has 2 aromatic carbocycles. The number of rotatable bonds is 6. The zero-order valence-electron chi connectivity index (χ0n) is 17.9. The fourth-order valence-electron chi connectivity index (χ4n) is 3.40. The monoisotopic (exact) mass is 408 g/mol. The van der Waals surface area contributed by atoms with Crippen molar-refractivity contribution in [1.29, 1.82) is 0 Å². The summed E-state index contributed by atoms with van der Waals surface area (Å²) >= 11 is 0. The van der Waals surface area contributed by atoms with Gasteiger partial charge in [0.1, 0.15) is 5.70 Å². The van der Waals surface area contributed by atoms with Gasteiger partial charge in [0.15, 0.2) is 0 Å². The predicted octanol–water partition coefficient (Wildman–Crippen LogP) is 3.32. The number of carbonyl (C=O) groups is 2. The van der Waals surface area contributed by atoms with Crippen molar-refractivity contribution < 1.29 is 19.4 Å². The highest BCUT2D eigenvalue weighted by atomic mass is 16.5. The van der Waals surface area contributed by atoms with Crippen molar-refractivity contribution in [2.45, 2.75) is 26.2 Å². The van der Waals surface area contributed by atoms with Gasteiger partial charge in [-0.15, -0.1) is 0 Å². The van der Waals surface area contributed by atoms with Crippen LogP contribution in [0.1, 0.15) is 26.3 Å². The molecule has 0 aromatic heterocycles. The number of amides is 1. The summed E-state index contributed by atoms with van der Waals surface area (Å²) < 4.78 is 4.81. The molecule has 6 heteroatoms. The fourth-order valence-corrected chi connectivity index (χ4v) is 3.40. The maximum absolute atomic E-state index is 12.6. The smallest absolute Gasteiger partial charge is 0.337 e. The van der Waals surface area contributed by atoms with E-state index in [1.165, 1.54) is 17.6 Å². The van der Waals surface area contributed by atoms with Crippen LogP contribution in [0.25, 0.3) is 11.1 Å². The second-order valence-corrected chi connectivity index (χ2v) is 8.33. The van der Waals surface area contributed by atoms with Gasteiger partial charge in [-0.1, -0.05) is 57.2 Å². The largest absolute Gasteiger partial charge is 0.466 e. The van der Waals surface area contributed by atoms with Crippen molar-refractivity contribution in [3.63, 3.8) is 0 Å². The standard InChI is InChI=1S/C24H28N2O4/c1-24(2,3)18-9-5-16(6-10-18)17-7-11-19(12-8-17)25-21-20(23(29)30-4)15-26(13-14-27)22(21)28/h5-12,25,27H,13-15H2,1-4H3. The van der Waals surface area contributed by atoms with Crippen molar-refractivity contribution in [2.24, 2.45) is 0 Å². The second-order valence-electron chi connectivity index (χ2n) is 8.33. The minimum absolute atomic E-state index is 0.106. The second kappa shape index (κ2) is 8.71. The molecule has 0 bridgehead atoms. The Kier molecular flexibility index (Phi) is 6.27. The molecule has 3 rings (SSSR count). The summed E-state index contributed by atoms with van der Waals surface area (Å²) in [5.41, 5.74) is 4.70. The molecular formula is C24H28N2O4. The maximum Gasteiger partial charge on any atom is 0.337 e. The Bertz CT molecular complexity index is 954. The number of carbonyl (C=O) groups excluding carboxylic acids is 2. The summed E-state index contributed by atoms with van der Waals surface area (Å²) in [6.07, 6.45) is 0. The zero-order valence-corrected chi connectivity index (χ0v) is 17.9. The van der Waals surface area contributed by atoms with Gasteiger partial charge < -0.3 is 20.1 Å². The van der Waals surface area contributed by atoms with Crippen molar-refractivity contribution in [2.75, 3.05) is 32.1 Å². The lowest BCUT2D eigenvalue weighted by Gasteiger charge is -2.19. The van der Waals surface area contributed by atoms with E-state index in [2.05, 4.69) is 50.4 Å². The highest BCUT2D eigenvalue weighted by Gasteiger charge is 2.34. The number of aliphatic hydroxyl groups is 1. The van der Waals surface area contributed by atoms with E-state index in [-0.39, 0.29) is 42.3 Å². The highest BCUT2D eigenvalue weighted by Crippen LogP contribution is 2.28. The van der Waals surface area contributed by atoms with Gasteiger partial charge in [0.2, 0.25) is 0 Å². The van der Waals surface area contributed by atoms with Crippen molar-refractivity contribution >= 4 is 17.6 Å². The van der Waals surface area contributed by atoms with Crippen molar-refractivity contribution in [3.8, 4) is 11.1 Å². The first kappa shape index (κ1) is 21.6. The number of ether oxygens (including phenoxy) is 1. The summed E-state index contributed by atoms with van der Waals surface area (Å²) in [5.74, 6) is -0.881. The number of hydrogen-bond donors (Lipinski definition) is 2. The normalized spacial score (nSPS) is 14.3. The Morgan fingerprint density at radius 1 is 1.07 bits per heavy atom. The summed E-state index contributed by atoms with van der Waals surface area (Å²) in [6.45, 7) is 6.67. The van der Waals surface area contributed by atoms with E-state index in [1.807, 2.05) is 24.3 Å². The predicted molar refractivity (Wildman–Crippen MR) is 117 cm³/mol. The molecule has 0 aliphatic carbocycles. The van der Waals surface area contributed by atoms with Gasteiger partial charge in [0, 0.05) is 12.2 Å². The topological polar surface area (TPSA) is 78.9 Å². The molecule has 0 radical (unpaired) electrons. The van der Waals surface area contributed by atoms with Gasteiger partial charge in [-0.05, 0) is 34.2 Å². The SMILES string of the molecule is COC(=O)C1=C(Nc2ccc(-c3ccc(C(C)(C)C)cc3)cc2)C(=O)N(CCO)C1. The third-order valence-electron chi connectivity index (χ3n) is 5.19. The van der Waals surface area contributed by atoms with E-state index in [1.54, 1.807) is 0 Å². The van der Waals surface area contributed by atoms with Gasteiger partial charge in [-0.2, -0.15) is 0 Å². The van der Waals surface area contributed by atoms with Crippen LogP contribution >= 0.6 is 0 Å². The zero-order chi connectivity index (χ0) is 21.9. The first-order valence-electron chi connectivity index (χ1n) is 9.94. The van der Waals surface area contributed by atoms with Gasteiger partial charge in [0.05, 0.1) is 25.8 Å². The molecule has 30 heavy (non-hydrogen) atoms. The van der Waals surface area contributed by atoms with Gasteiger partial charge >= 0.3 is 5.97 Å². The number of β-amino-alcohol motifs (C(OH)–C–C–N with tert-alkyl or cyclic N) is 1. The van der Waals surface area contributed by atoms with E-state index in [9.17, 15) is 9.59 Å². The molecular weight excluding hydrogens is 380 g/mol. The fraction of sp³-hybridized carbons (Fsp3) is 0.333. The average Bonchev–Trinajstić information content (AvgIpc) is 3.03. The molecule has 1 amide bonds. The van der Waals surface area contributed by atoms with Crippen LogP contribution in [0.5, 0.6) is 0 Å². The van der Waals surface area contributed by atoms with E-state index >= 15 is 0 Å². The van der Waals surface area contributed by atoms with Gasteiger partial charge in [-0.3, -0.25) is 4.79 Å². The van der Waals surface area contributed by atoms with Crippen LogP contribution in [0.3, 0.4) is 0 Å². The van der Waals surface area contributed by atoms with Gasteiger partial charge in [-0.25, -0.2) is 4.79 Å². The number of anilines is 1. The number of aliphatic hydroxyl groups excluding tert-OH is 1. The first-order chi connectivity index (χ1) is 14.2. The van der Waals surface area contributed by atoms with Crippen molar-refractivity contribution in [3.05, 3.63) is 65.4 Å². The van der Waals surface area contributed by atoms with E-state index in [0.717, 1.165) is 11.1 Å². The molecule has 2 N–H and O–H groups in total. The minimum atomic E-state index is -0.554. The summed E-state index contributed by atoms with van der Waals surface area (Å²) in [4.78, 5) is 26.1. The summed E-state index contributed by atoms with van der Waals surface area (Å²) in [6, 6.07) is 16.2. The van der Waals surface area contributed by atoms with E-state index in [4.69, 9.17) is 9.84 Å². The third-order valence-corrected chi connectivity index (χ3v) is 5.19. The molecule has 2 aromatic rings. The average molecular weight is 408 g/mol. The summed E-state index contributed by atoms with van der Waals surface area (Å²) in [5, 5.41) is 12.2. The van der Waals surface area contributed by atoms with Crippen LogP contribution in [-0.2, 0) is 19.7 Å². The lowest BCUT2D eigenvalue weighted by molar-refractivity contribution is -0.136.